The van der Waals surface area contributed by atoms with E-state index >= 15 is 0 Å². The first-order chi connectivity index (χ1) is 4.88. The van der Waals surface area contributed by atoms with Crippen LogP contribution < -0.4 is 0 Å². The van der Waals surface area contributed by atoms with Gasteiger partial charge in [0, 0.05) is 6.42 Å². The molecule has 0 aromatic carbocycles. The molecule has 1 unspecified atom stereocenters. The molecule has 0 rings (SSSR count). The van der Waals surface area contributed by atoms with Crippen molar-refractivity contribution in [3.63, 3.8) is 0 Å². The minimum atomic E-state index is -2.73. The molecule has 11 heavy (non-hydrogen) atoms. The maximum absolute atomic E-state index is 13.3. The van der Waals surface area contributed by atoms with Gasteiger partial charge in [-0.2, -0.15) is 0 Å². The van der Waals surface area contributed by atoms with Crippen LogP contribution in [0.2, 0.25) is 18.6 Å². The molecule has 0 aromatic heterocycles. The van der Waals surface area contributed by atoms with E-state index in [9.17, 15) is 8.90 Å². The summed E-state index contributed by atoms with van der Waals surface area (Å²) in [5, 5.41) is 8.43. The number of carboxylic acid groups (broad SMARTS) is 1. The Bertz CT molecular complexity index is 142. The van der Waals surface area contributed by atoms with E-state index in [-0.39, 0.29) is 12.0 Å². The van der Waals surface area contributed by atoms with Crippen LogP contribution in [0.1, 0.15) is 19.8 Å². The molecule has 0 aliphatic carbocycles. The van der Waals surface area contributed by atoms with Gasteiger partial charge in [0.2, 0.25) is 8.41 Å². The molecule has 2 nitrogen and oxygen atoms in total. The molecule has 0 aliphatic rings. The van der Waals surface area contributed by atoms with E-state index in [2.05, 4.69) is 0 Å². The lowest BCUT2D eigenvalue weighted by atomic mass is 10.2. The van der Waals surface area contributed by atoms with Gasteiger partial charge in [0.1, 0.15) is 0 Å². The molecular weight excluding hydrogens is 163 g/mol. The van der Waals surface area contributed by atoms with Crippen LogP contribution in [0, 0.1) is 0 Å². The average molecular weight is 178 g/mol. The van der Waals surface area contributed by atoms with Crippen molar-refractivity contribution in [2.75, 3.05) is 0 Å². The number of rotatable bonds is 4. The third-order valence-corrected chi connectivity index (χ3v) is 4.44. The first-order valence-electron chi connectivity index (χ1n) is 3.78. The molecule has 0 radical (unpaired) electrons. The average Bonchev–Trinajstić information content (AvgIpc) is 1.79. The summed E-state index contributed by atoms with van der Waals surface area (Å²) in [7, 11) is -2.73. The molecule has 0 spiro atoms. The van der Waals surface area contributed by atoms with E-state index in [0.717, 1.165) is 0 Å². The van der Waals surface area contributed by atoms with E-state index in [0.29, 0.717) is 6.42 Å². The van der Waals surface area contributed by atoms with Gasteiger partial charge in [-0.1, -0.05) is 13.3 Å². The Balaban J connectivity index is 4.07. The van der Waals surface area contributed by atoms with Crippen molar-refractivity contribution in [1.29, 1.82) is 0 Å². The largest absolute Gasteiger partial charge is 0.481 e. The zero-order chi connectivity index (χ0) is 9.07. The van der Waals surface area contributed by atoms with E-state index < -0.39 is 14.4 Å². The van der Waals surface area contributed by atoms with Crippen molar-refractivity contribution in [1.82, 2.24) is 0 Å². The SMILES string of the molecule is CCC(CC(=O)O)[Si](C)(C)F. The Hall–Kier alpha value is -0.383. The monoisotopic (exact) mass is 178 g/mol. The van der Waals surface area contributed by atoms with Crippen LogP contribution in [0.5, 0.6) is 0 Å². The number of hydrogen-bond donors (Lipinski definition) is 1. The lowest BCUT2D eigenvalue weighted by Crippen LogP contribution is -2.28. The van der Waals surface area contributed by atoms with Crippen LogP contribution in [-0.4, -0.2) is 19.5 Å². The van der Waals surface area contributed by atoms with Crippen LogP contribution in [0.4, 0.5) is 4.11 Å². The summed E-state index contributed by atoms with van der Waals surface area (Å²) < 4.78 is 13.3. The summed E-state index contributed by atoms with van der Waals surface area (Å²) in [5.41, 5.74) is -0.236. The Morgan fingerprint density at radius 1 is 1.64 bits per heavy atom. The fourth-order valence-electron chi connectivity index (χ4n) is 1.08. The molecule has 0 aromatic rings. The van der Waals surface area contributed by atoms with Gasteiger partial charge in [0.25, 0.3) is 0 Å². The summed E-state index contributed by atoms with van der Waals surface area (Å²) in [6, 6.07) is 0. The van der Waals surface area contributed by atoms with E-state index in [1.165, 1.54) is 0 Å². The van der Waals surface area contributed by atoms with Gasteiger partial charge in [-0.15, -0.1) is 0 Å². The highest BCUT2D eigenvalue weighted by Crippen LogP contribution is 2.29. The van der Waals surface area contributed by atoms with Crippen molar-refractivity contribution >= 4 is 14.4 Å². The predicted octanol–water partition coefficient (Wildman–Crippen LogP) is 2.42. The third-order valence-electron chi connectivity index (χ3n) is 1.88. The number of carbonyl (C=O) groups is 1. The molecule has 66 valence electrons. The van der Waals surface area contributed by atoms with Gasteiger partial charge in [-0.3, -0.25) is 4.79 Å². The van der Waals surface area contributed by atoms with Crippen molar-refractivity contribution in [3.8, 4) is 0 Å². The maximum Gasteiger partial charge on any atom is 0.303 e. The number of halogens is 1. The smallest absolute Gasteiger partial charge is 0.303 e. The summed E-state index contributed by atoms with van der Waals surface area (Å²) in [6.45, 7) is 4.95. The minimum absolute atomic E-state index is 0.0216. The molecule has 0 bridgehead atoms. The minimum Gasteiger partial charge on any atom is -0.481 e. The van der Waals surface area contributed by atoms with Gasteiger partial charge < -0.3 is 9.21 Å². The fraction of sp³-hybridized carbons (Fsp3) is 0.857. The molecule has 4 heteroatoms. The summed E-state index contributed by atoms with van der Waals surface area (Å²) in [6.07, 6.45) is 0.605. The first kappa shape index (κ1) is 10.6. The molecule has 0 amide bonds. The van der Waals surface area contributed by atoms with Crippen molar-refractivity contribution in [2.24, 2.45) is 0 Å². The summed E-state index contributed by atoms with van der Waals surface area (Å²) in [4.78, 5) is 10.3. The molecule has 0 saturated carbocycles. The van der Waals surface area contributed by atoms with Crippen LogP contribution in [0.15, 0.2) is 0 Å². The van der Waals surface area contributed by atoms with Crippen LogP contribution >= 0.6 is 0 Å². The topological polar surface area (TPSA) is 37.3 Å². The normalized spacial score (nSPS) is 14.5. The Morgan fingerprint density at radius 3 is 2.18 bits per heavy atom. The Kier molecular flexibility index (Phi) is 3.72. The van der Waals surface area contributed by atoms with E-state index in [1.54, 1.807) is 13.1 Å². The molecule has 0 saturated heterocycles. The Labute approximate surface area is 67.6 Å². The van der Waals surface area contributed by atoms with Crippen LogP contribution in [0.25, 0.3) is 0 Å². The predicted molar refractivity (Wildman–Crippen MR) is 44.9 cm³/mol. The standard InChI is InChI=1S/C7H15FO2Si/c1-4-6(5-7(9)10)11(2,3)8/h6H,4-5H2,1-3H3,(H,9,10). The molecule has 0 aliphatic heterocycles. The second kappa shape index (κ2) is 3.85. The zero-order valence-electron chi connectivity index (χ0n) is 7.22. The fourth-order valence-corrected chi connectivity index (χ4v) is 2.71. The first-order valence-corrected chi connectivity index (χ1v) is 6.74. The highest BCUT2D eigenvalue weighted by Gasteiger charge is 2.32. The van der Waals surface area contributed by atoms with Crippen LogP contribution in [-0.2, 0) is 4.79 Å². The highest BCUT2D eigenvalue weighted by molar-refractivity contribution is 6.72. The van der Waals surface area contributed by atoms with Crippen LogP contribution in [0.3, 0.4) is 0 Å². The van der Waals surface area contributed by atoms with Crippen molar-refractivity contribution < 1.29 is 14.0 Å². The molecule has 0 fully saturated rings. The second-order valence-corrected chi connectivity index (χ2v) is 7.21. The van der Waals surface area contributed by atoms with E-state index in [1.807, 2.05) is 6.92 Å². The van der Waals surface area contributed by atoms with Gasteiger partial charge >= 0.3 is 5.97 Å². The number of hydrogen-bond acceptors (Lipinski definition) is 1. The third kappa shape index (κ3) is 4.13. The van der Waals surface area contributed by atoms with Gasteiger partial charge in [-0.05, 0) is 18.6 Å². The Morgan fingerprint density at radius 2 is 2.09 bits per heavy atom. The summed E-state index contributed by atoms with van der Waals surface area (Å²) >= 11 is 0. The maximum atomic E-state index is 13.3. The lowest BCUT2D eigenvalue weighted by Gasteiger charge is -2.20. The molecule has 1 N–H and O–H groups in total. The summed E-state index contributed by atoms with van der Waals surface area (Å²) in [5.74, 6) is -0.893. The molecule has 0 heterocycles. The molecule has 1 atom stereocenters. The lowest BCUT2D eigenvalue weighted by molar-refractivity contribution is -0.137. The highest BCUT2D eigenvalue weighted by atomic mass is 28.4. The number of aliphatic carboxylic acids is 1. The van der Waals surface area contributed by atoms with Crippen molar-refractivity contribution in [3.05, 3.63) is 0 Å². The van der Waals surface area contributed by atoms with Gasteiger partial charge in [0.05, 0.1) is 0 Å². The van der Waals surface area contributed by atoms with E-state index in [4.69, 9.17) is 5.11 Å². The van der Waals surface area contributed by atoms with Crippen molar-refractivity contribution in [2.45, 2.75) is 38.4 Å². The van der Waals surface area contributed by atoms with Gasteiger partial charge in [0.15, 0.2) is 0 Å². The quantitative estimate of drug-likeness (QED) is 0.530. The van der Waals surface area contributed by atoms with Gasteiger partial charge in [-0.25, -0.2) is 0 Å². The second-order valence-electron chi connectivity index (χ2n) is 3.27. The zero-order valence-corrected chi connectivity index (χ0v) is 8.22. The molecular formula is C7H15FO2Si. The number of carboxylic acids is 1.